The summed E-state index contributed by atoms with van der Waals surface area (Å²) in [4.78, 5) is 25.2. The molecule has 0 aromatic carbocycles. The first kappa shape index (κ1) is 12.7. The van der Waals surface area contributed by atoms with Crippen LogP contribution in [0.2, 0.25) is 0 Å². The van der Waals surface area contributed by atoms with Crippen LogP contribution in [-0.2, 0) is 4.79 Å². The third-order valence-corrected chi connectivity index (χ3v) is 3.05. The van der Waals surface area contributed by atoms with Crippen molar-refractivity contribution < 1.29 is 14.0 Å². The Morgan fingerprint density at radius 3 is 2.67 bits per heavy atom. The molecule has 5 nitrogen and oxygen atoms in total. The summed E-state index contributed by atoms with van der Waals surface area (Å²) in [5, 5.41) is 2.70. The van der Waals surface area contributed by atoms with E-state index in [1.807, 2.05) is 0 Å². The molecule has 1 aliphatic carbocycles. The average Bonchev–Trinajstić information content (AvgIpc) is 3.05. The van der Waals surface area contributed by atoms with Gasteiger partial charge in [0.1, 0.15) is 11.8 Å². The molecule has 1 N–H and O–H groups in total. The highest BCUT2D eigenvalue weighted by Gasteiger charge is 2.31. The molecule has 1 fully saturated rings. The lowest BCUT2D eigenvalue weighted by atomic mass is 10.1. The SMILES string of the molecule is CC(NC(=O)c1ccoc1C1CC1)C(=O)N(C)C. The van der Waals surface area contributed by atoms with Gasteiger partial charge in [-0.15, -0.1) is 0 Å². The van der Waals surface area contributed by atoms with E-state index in [0.717, 1.165) is 18.6 Å². The van der Waals surface area contributed by atoms with Crippen molar-refractivity contribution in [1.29, 1.82) is 0 Å². The summed E-state index contributed by atoms with van der Waals surface area (Å²) >= 11 is 0. The fourth-order valence-electron chi connectivity index (χ4n) is 1.89. The van der Waals surface area contributed by atoms with Gasteiger partial charge in [0.15, 0.2) is 0 Å². The van der Waals surface area contributed by atoms with Crippen LogP contribution in [-0.4, -0.2) is 36.9 Å². The van der Waals surface area contributed by atoms with Crippen LogP contribution in [0.5, 0.6) is 0 Å². The summed E-state index contributed by atoms with van der Waals surface area (Å²) < 4.78 is 5.34. The van der Waals surface area contributed by atoms with Crippen LogP contribution < -0.4 is 5.32 Å². The Labute approximate surface area is 106 Å². The maximum absolute atomic E-state index is 12.1. The summed E-state index contributed by atoms with van der Waals surface area (Å²) in [5.41, 5.74) is 0.552. The summed E-state index contributed by atoms with van der Waals surface area (Å²) in [6.45, 7) is 1.68. The van der Waals surface area contributed by atoms with Crippen molar-refractivity contribution in [3.05, 3.63) is 23.7 Å². The molecule has 2 rings (SSSR count). The van der Waals surface area contributed by atoms with Gasteiger partial charge >= 0.3 is 0 Å². The van der Waals surface area contributed by atoms with E-state index in [1.54, 1.807) is 27.1 Å². The molecule has 0 aliphatic heterocycles. The van der Waals surface area contributed by atoms with Crippen molar-refractivity contribution >= 4 is 11.8 Å². The molecule has 1 saturated carbocycles. The van der Waals surface area contributed by atoms with Crippen molar-refractivity contribution in [2.75, 3.05) is 14.1 Å². The van der Waals surface area contributed by atoms with Crippen LogP contribution in [0.25, 0.3) is 0 Å². The second-order valence-corrected chi connectivity index (χ2v) is 4.90. The molecule has 0 spiro atoms. The average molecular weight is 250 g/mol. The molecule has 0 saturated heterocycles. The lowest BCUT2D eigenvalue weighted by Crippen LogP contribution is -2.44. The second kappa shape index (κ2) is 4.84. The first-order valence-corrected chi connectivity index (χ1v) is 6.10. The zero-order valence-corrected chi connectivity index (χ0v) is 10.9. The zero-order chi connectivity index (χ0) is 13.3. The van der Waals surface area contributed by atoms with Gasteiger partial charge in [0, 0.05) is 20.0 Å². The van der Waals surface area contributed by atoms with E-state index in [2.05, 4.69) is 5.32 Å². The summed E-state index contributed by atoms with van der Waals surface area (Å²) in [5.74, 6) is 0.755. The number of carbonyl (C=O) groups excluding carboxylic acids is 2. The smallest absolute Gasteiger partial charge is 0.255 e. The molecule has 1 heterocycles. The van der Waals surface area contributed by atoms with Crippen LogP contribution in [0.15, 0.2) is 16.7 Å². The van der Waals surface area contributed by atoms with Gasteiger partial charge < -0.3 is 14.6 Å². The Bertz CT molecular complexity index is 461. The van der Waals surface area contributed by atoms with Gasteiger partial charge in [-0.25, -0.2) is 0 Å². The van der Waals surface area contributed by atoms with E-state index in [-0.39, 0.29) is 11.8 Å². The molecule has 1 aromatic heterocycles. The van der Waals surface area contributed by atoms with Crippen molar-refractivity contribution in [3.63, 3.8) is 0 Å². The minimum Gasteiger partial charge on any atom is -0.468 e. The molecule has 2 amide bonds. The summed E-state index contributed by atoms with van der Waals surface area (Å²) in [6.07, 6.45) is 3.67. The molecular weight excluding hydrogens is 232 g/mol. The van der Waals surface area contributed by atoms with Crippen molar-refractivity contribution in [2.45, 2.75) is 31.7 Å². The van der Waals surface area contributed by atoms with E-state index >= 15 is 0 Å². The topological polar surface area (TPSA) is 62.6 Å². The molecule has 1 atom stereocenters. The van der Waals surface area contributed by atoms with Crippen LogP contribution in [0.1, 0.15) is 41.8 Å². The van der Waals surface area contributed by atoms with Crippen molar-refractivity contribution in [1.82, 2.24) is 10.2 Å². The Hall–Kier alpha value is -1.78. The Kier molecular flexibility index (Phi) is 3.41. The fourth-order valence-corrected chi connectivity index (χ4v) is 1.89. The van der Waals surface area contributed by atoms with Crippen LogP contribution in [0.4, 0.5) is 0 Å². The Morgan fingerprint density at radius 1 is 1.44 bits per heavy atom. The summed E-state index contributed by atoms with van der Waals surface area (Å²) in [6, 6.07) is 1.13. The maximum Gasteiger partial charge on any atom is 0.255 e. The maximum atomic E-state index is 12.1. The quantitative estimate of drug-likeness (QED) is 0.877. The zero-order valence-electron chi connectivity index (χ0n) is 10.9. The number of nitrogens with one attached hydrogen (secondary N) is 1. The predicted molar refractivity (Wildman–Crippen MR) is 66.3 cm³/mol. The normalized spacial score (nSPS) is 16.2. The number of likely N-dealkylation sites (N-methyl/N-ethyl adjacent to an activating group) is 1. The molecule has 98 valence electrons. The van der Waals surface area contributed by atoms with Crippen LogP contribution in [0.3, 0.4) is 0 Å². The van der Waals surface area contributed by atoms with Gasteiger partial charge in [0.25, 0.3) is 5.91 Å². The van der Waals surface area contributed by atoms with Crippen LogP contribution in [0, 0.1) is 0 Å². The third-order valence-electron chi connectivity index (χ3n) is 3.05. The standard InChI is InChI=1S/C13H18N2O3/c1-8(13(17)15(2)3)14-12(16)10-6-7-18-11(10)9-4-5-9/h6-9H,4-5H2,1-3H3,(H,14,16). The second-order valence-electron chi connectivity index (χ2n) is 4.90. The highest BCUT2D eigenvalue weighted by Crippen LogP contribution is 2.42. The molecular formula is C13H18N2O3. The number of rotatable bonds is 4. The Balaban J connectivity index is 2.03. The molecule has 18 heavy (non-hydrogen) atoms. The number of furan rings is 1. The van der Waals surface area contributed by atoms with Crippen molar-refractivity contribution in [2.24, 2.45) is 0 Å². The Morgan fingerprint density at radius 2 is 2.11 bits per heavy atom. The number of amides is 2. The van der Waals surface area contributed by atoms with Gasteiger partial charge in [-0.3, -0.25) is 9.59 Å². The van der Waals surface area contributed by atoms with E-state index in [4.69, 9.17) is 4.42 Å². The molecule has 0 radical (unpaired) electrons. The minimum absolute atomic E-state index is 0.125. The predicted octanol–water partition coefficient (Wildman–Crippen LogP) is 1.36. The summed E-state index contributed by atoms with van der Waals surface area (Å²) in [7, 11) is 3.33. The molecule has 1 aliphatic rings. The molecule has 1 unspecified atom stereocenters. The first-order chi connectivity index (χ1) is 8.50. The number of hydrogen-bond donors (Lipinski definition) is 1. The number of carbonyl (C=O) groups is 2. The highest BCUT2D eigenvalue weighted by atomic mass is 16.3. The number of nitrogens with zero attached hydrogens (tertiary/aromatic N) is 1. The van der Waals surface area contributed by atoms with E-state index < -0.39 is 6.04 Å². The molecule has 0 bridgehead atoms. The monoisotopic (exact) mass is 250 g/mol. The van der Waals surface area contributed by atoms with Gasteiger partial charge in [-0.05, 0) is 25.8 Å². The lowest BCUT2D eigenvalue weighted by molar-refractivity contribution is -0.130. The largest absolute Gasteiger partial charge is 0.468 e. The third kappa shape index (κ3) is 2.55. The van der Waals surface area contributed by atoms with E-state index in [9.17, 15) is 9.59 Å². The lowest BCUT2D eigenvalue weighted by Gasteiger charge is -2.17. The first-order valence-electron chi connectivity index (χ1n) is 6.10. The van der Waals surface area contributed by atoms with Crippen molar-refractivity contribution in [3.8, 4) is 0 Å². The van der Waals surface area contributed by atoms with Gasteiger partial charge in [-0.2, -0.15) is 0 Å². The fraction of sp³-hybridized carbons (Fsp3) is 0.538. The molecule has 1 aromatic rings. The number of hydrogen-bond acceptors (Lipinski definition) is 3. The van der Waals surface area contributed by atoms with Gasteiger partial charge in [0.2, 0.25) is 5.91 Å². The van der Waals surface area contributed by atoms with E-state index in [1.165, 1.54) is 11.2 Å². The van der Waals surface area contributed by atoms with Gasteiger partial charge in [-0.1, -0.05) is 0 Å². The molecule has 5 heteroatoms. The minimum atomic E-state index is -0.533. The van der Waals surface area contributed by atoms with E-state index in [0.29, 0.717) is 11.5 Å². The van der Waals surface area contributed by atoms with Crippen LogP contribution >= 0.6 is 0 Å². The highest BCUT2D eigenvalue weighted by molar-refractivity contribution is 5.98. The van der Waals surface area contributed by atoms with Gasteiger partial charge in [0.05, 0.1) is 11.8 Å².